The van der Waals surface area contributed by atoms with Crippen molar-refractivity contribution in [3.63, 3.8) is 0 Å². The van der Waals surface area contributed by atoms with Crippen LogP contribution < -0.4 is 10.2 Å². The van der Waals surface area contributed by atoms with Crippen molar-refractivity contribution < 1.29 is 32.7 Å². The van der Waals surface area contributed by atoms with Crippen LogP contribution >= 0.6 is 0 Å². The molecule has 12 heteroatoms. The molecular weight excluding hydrogens is 551 g/mol. The minimum Gasteiger partial charge on any atom is -0.475 e. The van der Waals surface area contributed by atoms with E-state index < -0.39 is 17.7 Å². The number of anilines is 1. The van der Waals surface area contributed by atoms with Crippen LogP contribution in [0.1, 0.15) is 36.0 Å². The fourth-order valence-corrected chi connectivity index (χ4v) is 6.08. The number of nitrogens with one attached hydrogen (secondary N) is 1. The molecule has 3 aliphatic rings. The van der Waals surface area contributed by atoms with Crippen molar-refractivity contribution >= 4 is 34.4 Å². The zero-order valence-electron chi connectivity index (χ0n) is 22.9. The number of halogens is 3. The number of amides is 2. The summed E-state index contributed by atoms with van der Waals surface area (Å²) in [6.07, 6.45) is 0.262. The number of hydrogen-bond donors (Lipinski definition) is 2. The van der Waals surface area contributed by atoms with Crippen LogP contribution in [0.15, 0.2) is 66.9 Å². The Kier molecular flexibility index (Phi) is 8.35. The van der Waals surface area contributed by atoms with Gasteiger partial charge in [-0.2, -0.15) is 13.2 Å². The SMILES string of the molecule is O=C(O)C(F)(F)F.O=C(c1cnc2ccccc2c1)N1CCC[C@@H]1CN1CCC2(CC1)C(=O)NCN2c1ccccc1. The fourth-order valence-electron chi connectivity index (χ4n) is 6.08. The lowest BCUT2D eigenvalue weighted by molar-refractivity contribution is -0.192. The number of carbonyl (C=O) groups is 3. The van der Waals surface area contributed by atoms with Crippen molar-refractivity contribution in [2.45, 2.75) is 43.4 Å². The van der Waals surface area contributed by atoms with Gasteiger partial charge in [0, 0.05) is 49.5 Å². The van der Waals surface area contributed by atoms with E-state index in [4.69, 9.17) is 9.90 Å². The molecule has 0 bridgehead atoms. The molecule has 0 radical (unpaired) electrons. The Morgan fingerprint density at radius 1 is 1.02 bits per heavy atom. The highest BCUT2D eigenvalue weighted by atomic mass is 19.4. The van der Waals surface area contributed by atoms with Gasteiger partial charge in [-0.25, -0.2) is 4.79 Å². The average molecular weight is 584 g/mol. The molecule has 3 aromatic rings. The number of para-hydroxylation sites is 2. The molecule has 0 saturated carbocycles. The summed E-state index contributed by atoms with van der Waals surface area (Å²) in [4.78, 5) is 46.5. The summed E-state index contributed by atoms with van der Waals surface area (Å²) in [6, 6.07) is 20.3. The Balaban J connectivity index is 0.000000451. The summed E-state index contributed by atoms with van der Waals surface area (Å²) in [6.45, 7) is 3.92. The largest absolute Gasteiger partial charge is 0.490 e. The second-order valence-electron chi connectivity index (χ2n) is 10.8. The number of carbonyl (C=O) groups excluding carboxylic acids is 2. The minimum atomic E-state index is -5.08. The molecule has 2 N–H and O–H groups in total. The molecule has 2 amide bonds. The molecule has 1 spiro atoms. The number of pyridine rings is 1. The Morgan fingerprint density at radius 3 is 2.38 bits per heavy atom. The van der Waals surface area contributed by atoms with Crippen LogP contribution in [0.2, 0.25) is 0 Å². The Morgan fingerprint density at radius 2 is 1.69 bits per heavy atom. The molecule has 0 aliphatic carbocycles. The third-order valence-corrected chi connectivity index (χ3v) is 8.28. The lowest BCUT2D eigenvalue weighted by atomic mass is 9.85. The van der Waals surface area contributed by atoms with Crippen LogP contribution in [0.4, 0.5) is 18.9 Å². The molecule has 6 rings (SSSR count). The molecule has 1 atom stereocenters. The molecule has 222 valence electrons. The third kappa shape index (κ3) is 6.03. The zero-order valence-corrected chi connectivity index (χ0v) is 22.9. The maximum absolute atomic E-state index is 13.4. The number of carboxylic acids is 1. The maximum Gasteiger partial charge on any atom is 0.490 e. The van der Waals surface area contributed by atoms with Gasteiger partial charge in [0.15, 0.2) is 0 Å². The number of benzene rings is 2. The van der Waals surface area contributed by atoms with Crippen molar-refractivity contribution in [1.29, 1.82) is 0 Å². The number of alkyl halides is 3. The highest BCUT2D eigenvalue weighted by Gasteiger charge is 2.50. The van der Waals surface area contributed by atoms with E-state index in [9.17, 15) is 22.8 Å². The van der Waals surface area contributed by atoms with Gasteiger partial charge in [-0.1, -0.05) is 36.4 Å². The Bertz CT molecular complexity index is 1440. The number of aromatic nitrogens is 1. The van der Waals surface area contributed by atoms with Crippen LogP contribution in [0.3, 0.4) is 0 Å². The number of carboxylic acid groups (broad SMARTS) is 1. The van der Waals surface area contributed by atoms with Gasteiger partial charge >= 0.3 is 12.1 Å². The minimum absolute atomic E-state index is 0.0738. The predicted molar refractivity (Wildman–Crippen MR) is 150 cm³/mol. The van der Waals surface area contributed by atoms with E-state index >= 15 is 0 Å². The molecule has 4 heterocycles. The molecule has 3 fully saturated rings. The monoisotopic (exact) mass is 583 g/mol. The van der Waals surface area contributed by atoms with Crippen molar-refractivity contribution in [1.82, 2.24) is 20.1 Å². The number of hydrogen-bond acceptors (Lipinski definition) is 6. The standard InChI is InChI=1S/C28H31N5O2.C2HF3O2/c34-26(22-17-21-7-4-5-11-25(21)29-18-22)32-14-6-10-24(32)19-31-15-12-28(13-16-31)27(35)30-20-33(28)23-8-2-1-3-9-23;3-2(4,5)1(6)7/h1-5,7-9,11,17-18,24H,6,10,12-16,19-20H2,(H,30,35);(H,6,7)/t24-;/m1./s1. The second kappa shape index (κ2) is 12.0. The normalized spacial score (nSPS) is 20.4. The Hall–Kier alpha value is -4.19. The zero-order chi connectivity index (χ0) is 29.9. The first-order valence-corrected chi connectivity index (χ1v) is 13.9. The van der Waals surface area contributed by atoms with E-state index in [0.29, 0.717) is 12.2 Å². The van der Waals surface area contributed by atoms with Crippen LogP contribution in [0.25, 0.3) is 10.9 Å². The van der Waals surface area contributed by atoms with Gasteiger partial charge in [-0.3, -0.25) is 14.6 Å². The van der Waals surface area contributed by atoms with E-state index in [0.717, 1.165) is 68.5 Å². The van der Waals surface area contributed by atoms with Gasteiger partial charge in [0.1, 0.15) is 5.54 Å². The molecule has 2 aromatic carbocycles. The fraction of sp³-hybridized carbons (Fsp3) is 0.400. The van der Waals surface area contributed by atoms with Crippen molar-refractivity contribution in [3.8, 4) is 0 Å². The first-order chi connectivity index (χ1) is 20.1. The maximum atomic E-state index is 13.4. The summed E-state index contributed by atoms with van der Waals surface area (Å²) < 4.78 is 31.7. The molecular formula is C30H32F3N5O4. The van der Waals surface area contributed by atoms with Gasteiger partial charge in [-0.05, 0) is 49.9 Å². The van der Waals surface area contributed by atoms with Crippen LogP contribution in [0.5, 0.6) is 0 Å². The molecule has 3 aliphatic heterocycles. The van der Waals surface area contributed by atoms with Crippen LogP contribution in [-0.2, 0) is 9.59 Å². The summed E-state index contributed by atoms with van der Waals surface area (Å²) in [5, 5.41) is 11.2. The summed E-state index contributed by atoms with van der Waals surface area (Å²) in [5.74, 6) is -2.54. The predicted octanol–water partition coefficient (Wildman–Crippen LogP) is 3.90. The van der Waals surface area contributed by atoms with Gasteiger partial charge < -0.3 is 25.1 Å². The molecule has 0 unspecified atom stereocenters. The molecule has 9 nitrogen and oxygen atoms in total. The molecule has 3 saturated heterocycles. The van der Waals surface area contributed by atoms with Gasteiger partial charge in [0.05, 0.1) is 17.7 Å². The lowest BCUT2D eigenvalue weighted by Gasteiger charge is -2.44. The van der Waals surface area contributed by atoms with Gasteiger partial charge in [-0.15, -0.1) is 0 Å². The van der Waals surface area contributed by atoms with Crippen LogP contribution in [-0.4, -0.2) is 88.3 Å². The van der Waals surface area contributed by atoms with Crippen LogP contribution in [0, 0.1) is 0 Å². The number of aliphatic carboxylic acids is 1. The second-order valence-corrected chi connectivity index (χ2v) is 10.8. The number of likely N-dealkylation sites (tertiary alicyclic amines) is 2. The number of piperidine rings is 1. The number of rotatable bonds is 4. The van der Waals surface area contributed by atoms with Gasteiger partial charge in [0.25, 0.3) is 5.91 Å². The van der Waals surface area contributed by atoms with E-state index in [1.165, 1.54) is 0 Å². The smallest absolute Gasteiger partial charge is 0.475 e. The summed E-state index contributed by atoms with van der Waals surface area (Å²) in [5.41, 5.74) is 2.19. The van der Waals surface area contributed by atoms with E-state index in [-0.39, 0.29) is 17.9 Å². The van der Waals surface area contributed by atoms with E-state index in [2.05, 4.69) is 32.2 Å². The molecule has 42 heavy (non-hydrogen) atoms. The van der Waals surface area contributed by atoms with E-state index in [1.54, 1.807) is 6.20 Å². The van der Waals surface area contributed by atoms with Crippen molar-refractivity contribution in [2.24, 2.45) is 0 Å². The topological polar surface area (TPSA) is 106 Å². The first kappa shape index (κ1) is 29.3. The summed E-state index contributed by atoms with van der Waals surface area (Å²) in [7, 11) is 0. The number of nitrogens with zero attached hydrogens (tertiary/aromatic N) is 4. The summed E-state index contributed by atoms with van der Waals surface area (Å²) >= 11 is 0. The van der Waals surface area contributed by atoms with E-state index in [1.807, 2.05) is 53.4 Å². The highest BCUT2D eigenvalue weighted by Crippen LogP contribution is 2.36. The lowest BCUT2D eigenvalue weighted by Crippen LogP contribution is -2.57. The van der Waals surface area contributed by atoms with Crippen molar-refractivity contribution in [2.75, 3.05) is 37.7 Å². The highest BCUT2D eigenvalue weighted by molar-refractivity contribution is 5.97. The van der Waals surface area contributed by atoms with Gasteiger partial charge in [0.2, 0.25) is 5.91 Å². The quantitative estimate of drug-likeness (QED) is 0.480. The molecule has 1 aromatic heterocycles. The Labute approximate surface area is 240 Å². The van der Waals surface area contributed by atoms with Crippen molar-refractivity contribution in [3.05, 3.63) is 72.4 Å². The first-order valence-electron chi connectivity index (χ1n) is 13.9. The third-order valence-electron chi connectivity index (χ3n) is 8.28. The number of fused-ring (bicyclic) bond motifs is 1. The average Bonchev–Trinajstić information content (AvgIpc) is 3.58.